The van der Waals surface area contributed by atoms with Crippen molar-refractivity contribution in [2.75, 3.05) is 11.1 Å². The summed E-state index contributed by atoms with van der Waals surface area (Å²) in [7, 11) is 0. The van der Waals surface area contributed by atoms with E-state index in [-0.39, 0.29) is 0 Å². The Morgan fingerprint density at radius 1 is 1.06 bits per heavy atom. The van der Waals surface area contributed by atoms with Gasteiger partial charge in [-0.05, 0) is 73.0 Å². The van der Waals surface area contributed by atoms with Crippen molar-refractivity contribution < 1.29 is 0 Å². The highest BCUT2D eigenvalue weighted by Gasteiger charge is 2.17. The molecule has 3 N–H and O–H groups in total. The van der Waals surface area contributed by atoms with Crippen molar-refractivity contribution in [1.82, 2.24) is 19.5 Å². The summed E-state index contributed by atoms with van der Waals surface area (Å²) >= 11 is 0. The van der Waals surface area contributed by atoms with Gasteiger partial charge >= 0.3 is 0 Å². The second-order valence-electron chi connectivity index (χ2n) is 6.99. The number of nitrogens with zero attached hydrogens (tertiary/aromatic N) is 6. The molecular weight excluding hydrogens is 388 g/mol. The first-order valence-electron chi connectivity index (χ1n) is 9.46. The van der Waals surface area contributed by atoms with Crippen LogP contribution >= 0.6 is 0 Å². The standard InChI is InChI=1S/C23H18N8/c1-14-10-17(4-3-9-24)11-15(2)20(14)31-21-19(29-22(31)26)13-27-23(30-21)28-18-7-5-16(12-25)6-8-18/h3-8,10-11,13H,1-2H3,(H2,26,29)(H,27,28,30)/b4-3+. The minimum Gasteiger partial charge on any atom is -0.369 e. The van der Waals surface area contributed by atoms with Crippen molar-refractivity contribution in [3.63, 3.8) is 0 Å². The predicted molar refractivity (Wildman–Crippen MR) is 120 cm³/mol. The van der Waals surface area contributed by atoms with Gasteiger partial charge in [0.05, 0.1) is 29.6 Å². The molecule has 8 nitrogen and oxygen atoms in total. The second-order valence-corrected chi connectivity index (χ2v) is 6.99. The summed E-state index contributed by atoms with van der Waals surface area (Å²) in [4.78, 5) is 13.4. The third kappa shape index (κ3) is 3.78. The molecule has 0 atom stereocenters. The molecule has 0 fully saturated rings. The number of benzene rings is 2. The molecular formula is C23H18N8. The number of hydrogen-bond donors (Lipinski definition) is 2. The van der Waals surface area contributed by atoms with Gasteiger partial charge in [-0.1, -0.05) is 0 Å². The van der Waals surface area contributed by atoms with Crippen molar-refractivity contribution in [3.05, 3.63) is 70.9 Å². The summed E-state index contributed by atoms with van der Waals surface area (Å²) in [6.07, 6.45) is 4.83. The third-order valence-corrected chi connectivity index (χ3v) is 4.78. The molecule has 0 aliphatic carbocycles. The molecule has 0 saturated heterocycles. The number of aryl methyl sites for hydroxylation is 2. The van der Waals surface area contributed by atoms with E-state index in [1.54, 1.807) is 36.5 Å². The Labute approximate surface area is 178 Å². The van der Waals surface area contributed by atoms with Crippen LogP contribution < -0.4 is 11.1 Å². The fraction of sp³-hybridized carbons (Fsp3) is 0.0870. The molecule has 4 aromatic rings. The monoisotopic (exact) mass is 406 g/mol. The molecule has 2 heterocycles. The van der Waals surface area contributed by atoms with Gasteiger partial charge in [-0.15, -0.1) is 0 Å². The molecule has 2 aromatic heterocycles. The quantitative estimate of drug-likeness (QED) is 0.487. The number of rotatable bonds is 4. The Bertz CT molecular complexity index is 1380. The Balaban J connectivity index is 1.79. The largest absolute Gasteiger partial charge is 0.369 e. The lowest BCUT2D eigenvalue weighted by Gasteiger charge is -2.14. The van der Waals surface area contributed by atoms with E-state index in [9.17, 15) is 0 Å². The number of anilines is 3. The minimum atomic E-state index is 0.311. The zero-order valence-corrected chi connectivity index (χ0v) is 17.0. The maximum atomic E-state index is 8.95. The molecule has 150 valence electrons. The van der Waals surface area contributed by atoms with Crippen LogP contribution in [0.25, 0.3) is 22.9 Å². The lowest BCUT2D eigenvalue weighted by Crippen LogP contribution is -2.06. The van der Waals surface area contributed by atoms with E-state index in [0.717, 1.165) is 28.1 Å². The maximum absolute atomic E-state index is 8.95. The summed E-state index contributed by atoms with van der Waals surface area (Å²) in [5, 5.41) is 20.9. The first-order chi connectivity index (χ1) is 15.0. The lowest BCUT2D eigenvalue weighted by molar-refractivity contribution is 1.04. The van der Waals surface area contributed by atoms with E-state index < -0.39 is 0 Å². The van der Waals surface area contributed by atoms with Crippen LogP contribution in [0.2, 0.25) is 0 Å². The maximum Gasteiger partial charge on any atom is 0.229 e. The number of nitrogen functional groups attached to an aromatic ring is 1. The molecule has 0 aliphatic heterocycles. The topological polar surface area (TPSA) is 129 Å². The average Bonchev–Trinajstić information content (AvgIpc) is 3.07. The van der Waals surface area contributed by atoms with E-state index in [1.807, 2.05) is 36.6 Å². The van der Waals surface area contributed by atoms with Gasteiger partial charge in [0.1, 0.15) is 5.52 Å². The Morgan fingerprint density at radius 2 is 1.77 bits per heavy atom. The highest BCUT2D eigenvalue weighted by atomic mass is 15.2. The van der Waals surface area contributed by atoms with Gasteiger partial charge in [0.25, 0.3) is 0 Å². The molecule has 0 amide bonds. The second kappa shape index (κ2) is 7.97. The van der Waals surface area contributed by atoms with Gasteiger partial charge in [0.15, 0.2) is 5.65 Å². The van der Waals surface area contributed by atoms with Crippen molar-refractivity contribution in [2.45, 2.75) is 13.8 Å². The molecule has 0 radical (unpaired) electrons. The Hall–Kier alpha value is -4.69. The zero-order chi connectivity index (χ0) is 22.0. The number of nitriles is 2. The Kier molecular flexibility index (Phi) is 5.05. The van der Waals surface area contributed by atoms with Crippen LogP contribution in [0.1, 0.15) is 22.3 Å². The normalized spacial score (nSPS) is 10.8. The van der Waals surface area contributed by atoms with Crippen molar-refractivity contribution in [2.24, 2.45) is 0 Å². The number of nitrogens with two attached hydrogens (primary N) is 1. The summed E-state index contributed by atoms with van der Waals surface area (Å²) in [6.45, 7) is 3.96. The van der Waals surface area contributed by atoms with Crippen LogP contribution in [-0.4, -0.2) is 19.5 Å². The highest BCUT2D eigenvalue weighted by Crippen LogP contribution is 2.28. The minimum absolute atomic E-state index is 0.311. The average molecular weight is 406 g/mol. The van der Waals surface area contributed by atoms with Gasteiger partial charge < -0.3 is 11.1 Å². The summed E-state index contributed by atoms with van der Waals surface area (Å²) in [6, 6.07) is 15.1. The molecule has 0 spiro atoms. The molecule has 4 rings (SSSR count). The number of fused-ring (bicyclic) bond motifs is 1. The van der Waals surface area contributed by atoms with E-state index in [1.165, 1.54) is 6.08 Å². The molecule has 8 heteroatoms. The molecule has 2 aromatic carbocycles. The van der Waals surface area contributed by atoms with Crippen LogP contribution in [0, 0.1) is 36.5 Å². The van der Waals surface area contributed by atoms with Crippen molar-refractivity contribution >= 4 is 34.8 Å². The molecule has 0 aliphatic rings. The molecule has 0 unspecified atom stereocenters. The molecule has 31 heavy (non-hydrogen) atoms. The SMILES string of the molecule is Cc1cc(/C=C/C#N)cc(C)c1-n1c(N)nc2cnc(Nc3ccc(C#N)cc3)nc21. The van der Waals surface area contributed by atoms with Gasteiger partial charge in [-0.3, -0.25) is 4.57 Å². The van der Waals surface area contributed by atoms with Gasteiger partial charge in [-0.25, -0.2) is 9.97 Å². The van der Waals surface area contributed by atoms with Crippen molar-refractivity contribution in [1.29, 1.82) is 10.5 Å². The summed E-state index contributed by atoms with van der Waals surface area (Å²) < 4.78 is 1.81. The predicted octanol–water partition coefficient (Wildman–Crippen LogP) is 4.17. The van der Waals surface area contributed by atoms with Crippen LogP contribution in [0.4, 0.5) is 17.6 Å². The summed E-state index contributed by atoms with van der Waals surface area (Å²) in [5.74, 6) is 0.702. The Morgan fingerprint density at radius 3 is 2.42 bits per heavy atom. The van der Waals surface area contributed by atoms with E-state index in [0.29, 0.717) is 28.6 Å². The van der Waals surface area contributed by atoms with Gasteiger partial charge in [0.2, 0.25) is 11.9 Å². The number of allylic oxidation sites excluding steroid dienone is 1. The van der Waals surface area contributed by atoms with Gasteiger partial charge in [-0.2, -0.15) is 15.5 Å². The fourth-order valence-corrected chi connectivity index (χ4v) is 3.50. The van der Waals surface area contributed by atoms with Crippen LogP contribution in [-0.2, 0) is 0 Å². The first kappa shape index (κ1) is 19.6. The number of imidazole rings is 1. The third-order valence-electron chi connectivity index (χ3n) is 4.78. The zero-order valence-electron chi connectivity index (χ0n) is 17.0. The highest BCUT2D eigenvalue weighted by molar-refractivity contribution is 5.79. The van der Waals surface area contributed by atoms with Crippen molar-refractivity contribution in [3.8, 4) is 17.8 Å². The van der Waals surface area contributed by atoms with E-state index in [4.69, 9.17) is 16.3 Å². The number of hydrogen-bond acceptors (Lipinski definition) is 7. The van der Waals surface area contributed by atoms with E-state index in [2.05, 4.69) is 26.3 Å². The fourth-order valence-electron chi connectivity index (χ4n) is 3.50. The van der Waals surface area contributed by atoms with E-state index >= 15 is 0 Å². The van der Waals surface area contributed by atoms with Crippen LogP contribution in [0.15, 0.2) is 48.7 Å². The van der Waals surface area contributed by atoms with Crippen LogP contribution in [0.5, 0.6) is 0 Å². The smallest absolute Gasteiger partial charge is 0.229 e. The van der Waals surface area contributed by atoms with Crippen LogP contribution in [0.3, 0.4) is 0 Å². The van der Waals surface area contributed by atoms with Gasteiger partial charge in [0, 0.05) is 11.8 Å². The number of aromatic nitrogens is 4. The molecule has 0 saturated carbocycles. The first-order valence-corrected chi connectivity index (χ1v) is 9.46. The molecule has 0 bridgehead atoms. The lowest BCUT2D eigenvalue weighted by atomic mass is 10.0. The summed E-state index contributed by atoms with van der Waals surface area (Å²) in [5.41, 5.74) is 12.5. The number of nitrogens with one attached hydrogen (secondary N) is 1.